The van der Waals surface area contributed by atoms with Gasteiger partial charge in [-0.15, -0.1) is 0 Å². The van der Waals surface area contributed by atoms with E-state index in [1.54, 1.807) is 45.0 Å². The maximum Gasteiger partial charge on any atom is 0.411 e. The number of ether oxygens (including phenoxy) is 2. The molecule has 48 heavy (non-hydrogen) atoms. The van der Waals surface area contributed by atoms with Crippen LogP contribution < -0.4 is 21.7 Å². The van der Waals surface area contributed by atoms with Crippen LogP contribution in [0.1, 0.15) is 91.5 Å². The first-order valence-corrected chi connectivity index (χ1v) is 16.6. The molecule has 14 heteroatoms. The molecule has 5 amide bonds. The van der Waals surface area contributed by atoms with Crippen molar-refractivity contribution in [2.24, 2.45) is 11.7 Å². The number of hydrogen-bond donors (Lipinski definition) is 5. The van der Waals surface area contributed by atoms with Crippen molar-refractivity contribution in [2.45, 2.75) is 122 Å². The molecular weight excluding hydrogens is 622 g/mol. The summed E-state index contributed by atoms with van der Waals surface area (Å²) < 4.78 is 11.0. The third-order valence-electron chi connectivity index (χ3n) is 7.64. The van der Waals surface area contributed by atoms with E-state index in [0.717, 1.165) is 24.8 Å². The lowest BCUT2D eigenvalue weighted by Gasteiger charge is -2.35. The van der Waals surface area contributed by atoms with Gasteiger partial charge in [0.2, 0.25) is 23.6 Å². The van der Waals surface area contributed by atoms with E-state index in [0.29, 0.717) is 12.8 Å². The molecule has 268 valence electrons. The summed E-state index contributed by atoms with van der Waals surface area (Å²) in [5, 5.41) is 17.5. The highest BCUT2D eigenvalue weighted by Gasteiger charge is 2.34. The van der Waals surface area contributed by atoms with Crippen LogP contribution in [0, 0.1) is 5.92 Å². The second-order valence-electron chi connectivity index (χ2n) is 13.6. The SMILES string of the molecule is CC(C)C[C@H](NC(=O)[C@H](CO)NC(=O)[C@H](CCC(N)=O)NC(=O)CN(C(=O)OC(C)(C)C)C1CCCCC1)C(=O)OCc1ccccc1. The van der Waals surface area contributed by atoms with Crippen LogP contribution in [0.4, 0.5) is 4.79 Å². The van der Waals surface area contributed by atoms with Crippen LogP contribution >= 0.6 is 0 Å². The zero-order valence-electron chi connectivity index (χ0n) is 28.8. The molecule has 1 aliphatic rings. The molecule has 1 aromatic carbocycles. The van der Waals surface area contributed by atoms with E-state index in [2.05, 4.69) is 16.0 Å². The summed E-state index contributed by atoms with van der Waals surface area (Å²) in [6.07, 6.45) is 3.31. The van der Waals surface area contributed by atoms with E-state index in [1.807, 2.05) is 19.9 Å². The standard InChI is InChI=1S/C34H53N5O9/c1-22(2)18-26(32(45)47-21-23-12-8-6-9-13-23)37-31(44)27(20-40)38-30(43)25(16-17-28(35)41)36-29(42)19-39(24-14-10-7-11-15-24)33(46)48-34(3,4)5/h6,8-9,12-13,22,24-27,40H,7,10-11,14-21H2,1-5H3,(H2,35,41)(H,36,42)(H,37,44)(H,38,43)/t25-,26-,27-/m0/s1. The number of amides is 5. The quantitative estimate of drug-likeness (QED) is 0.153. The van der Waals surface area contributed by atoms with Crippen LogP contribution in [0.25, 0.3) is 0 Å². The molecule has 0 bridgehead atoms. The van der Waals surface area contributed by atoms with E-state index >= 15 is 0 Å². The van der Waals surface area contributed by atoms with Crippen molar-refractivity contribution in [3.05, 3.63) is 35.9 Å². The van der Waals surface area contributed by atoms with Crippen molar-refractivity contribution in [2.75, 3.05) is 13.2 Å². The molecule has 0 aromatic heterocycles. The lowest BCUT2D eigenvalue weighted by molar-refractivity contribution is -0.150. The second kappa shape index (κ2) is 19.6. The van der Waals surface area contributed by atoms with E-state index in [-0.39, 0.29) is 37.8 Å². The average molecular weight is 676 g/mol. The molecule has 1 fully saturated rings. The zero-order chi connectivity index (χ0) is 35.9. The normalized spacial score (nSPS) is 15.4. The number of carbonyl (C=O) groups is 6. The van der Waals surface area contributed by atoms with Gasteiger partial charge in [0.25, 0.3) is 0 Å². The number of benzene rings is 1. The van der Waals surface area contributed by atoms with Gasteiger partial charge >= 0.3 is 12.1 Å². The minimum Gasteiger partial charge on any atom is -0.459 e. The summed E-state index contributed by atoms with van der Waals surface area (Å²) in [6, 6.07) is 4.91. The fraction of sp³-hybridized carbons (Fsp3) is 0.647. The Hall–Kier alpha value is -4.20. The van der Waals surface area contributed by atoms with Gasteiger partial charge in [-0.1, -0.05) is 63.4 Å². The van der Waals surface area contributed by atoms with E-state index in [1.165, 1.54) is 4.90 Å². The van der Waals surface area contributed by atoms with Gasteiger partial charge in [-0.2, -0.15) is 0 Å². The summed E-state index contributed by atoms with van der Waals surface area (Å²) in [4.78, 5) is 78.8. The minimum absolute atomic E-state index is 0.00233. The van der Waals surface area contributed by atoms with Crippen LogP contribution in [0.3, 0.4) is 0 Å². The van der Waals surface area contributed by atoms with Gasteiger partial charge in [-0.25, -0.2) is 9.59 Å². The van der Waals surface area contributed by atoms with Crippen molar-refractivity contribution in [1.82, 2.24) is 20.9 Å². The molecule has 0 spiro atoms. The van der Waals surface area contributed by atoms with Crippen LogP contribution in [-0.4, -0.2) is 88.6 Å². The molecule has 3 atom stereocenters. The summed E-state index contributed by atoms with van der Waals surface area (Å²) in [5.74, 6) is -3.80. The van der Waals surface area contributed by atoms with Crippen LogP contribution in [0.15, 0.2) is 30.3 Å². The number of nitrogens with zero attached hydrogens (tertiary/aromatic N) is 1. The van der Waals surface area contributed by atoms with Gasteiger partial charge in [-0.3, -0.25) is 24.1 Å². The fourth-order valence-electron chi connectivity index (χ4n) is 5.26. The molecule has 0 saturated heterocycles. The summed E-state index contributed by atoms with van der Waals surface area (Å²) in [5.41, 5.74) is 5.28. The first-order chi connectivity index (χ1) is 22.6. The van der Waals surface area contributed by atoms with Gasteiger partial charge in [0.15, 0.2) is 0 Å². The summed E-state index contributed by atoms with van der Waals surface area (Å²) in [7, 11) is 0. The molecule has 0 unspecified atom stereocenters. The average Bonchev–Trinajstić information content (AvgIpc) is 3.02. The molecule has 14 nitrogen and oxygen atoms in total. The molecule has 1 saturated carbocycles. The lowest BCUT2D eigenvalue weighted by Crippen LogP contribution is -2.58. The highest BCUT2D eigenvalue weighted by atomic mass is 16.6. The largest absolute Gasteiger partial charge is 0.459 e. The second-order valence-corrected chi connectivity index (χ2v) is 13.6. The van der Waals surface area contributed by atoms with Gasteiger partial charge < -0.3 is 36.3 Å². The maximum absolute atomic E-state index is 13.4. The topological polar surface area (TPSA) is 206 Å². The Bertz CT molecular complexity index is 1230. The minimum atomic E-state index is -1.50. The van der Waals surface area contributed by atoms with Gasteiger partial charge in [-0.05, 0) is 57.9 Å². The Balaban J connectivity index is 2.13. The summed E-state index contributed by atoms with van der Waals surface area (Å²) >= 11 is 0. The predicted molar refractivity (Wildman–Crippen MR) is 177 cm³/mol. The monoisotopic (exact) mass is 675 g/mol. The van der Waals surface area contributed by atoms with E-state index in [9.17, 15) is 33.9 Å². The Morgan fingerprint density at radius 3 is 2.08 bits per heavy atom. The molecule has 1 aliphatic carbocycles. The number of esters is 1. The molecule has 2 rings (SSSR count). The molecule has 0 heterocycles. The predicted octanol–water partition coefficient (Wildman–Crippen LogP) is 2.06. The van der Waals surface area contributed by atoms with Gasteiger partial charge in [0, 0.05) is 12.5 Å². The van der Waals surface area contributed by atoms with Crippen LogP contribution in [0.5, 0.6) is 0 Å². The molecule has 0 radical (unpaired) electrons. The maximum atomic E-state index is 13.4. The van der Waals surface area contributed by atoms with Crippen LogP contribution in [-0.2, 0) is 40.1 Å². The number of nitrogens with one attached hydrogen (secondary N) is 3. The van der Waals surface area contributed by atoms with Crippen molar-refractivity contribution in [3.8, 4) is 0 Å². The number of primary amides is 1. The number of hydrogen-bond acceptors (Lipinski definition) is 9. The van der Waals surface area contributed by atoms with Crippen molar-refractivity contribution in [1.29, 1.82) is 0 Å². The fourth-order valence-corrected chi connectivity index (χ4v) is 5.26. The van der Waals surface area contributed by atoms with Crippen molar-refractivity contribution >= 4 is 35.7 Å². The van der Waals surface area contributed by atoms with Crippen molar-refractivity contribution < 1.29 is 43.3 Å². The van der Waals surface area contributed by atoms with Gasteiger partial charge in [0.05, 0.1) is 6.61 Å². The summed E-state index contributed by atoms with van der Waals surface area (Å²) in [6.45, 7) is 7.67. The highest BCUT2D eigenvalue weighted by Crippen LogP contribution is 2.24. The number of aliphatic hydroxyl groups excluding tert-OH is 1. The first kappa shape index (κ1) is 40.0. The Labute approximate surface area is 282 Å². The van der Waals surface area contributed by atoms with E-state index < -0.39 is 72.6 Å². The Kier molecular flexibility index (Phi) is 16.3. The third kappa shape index (κ3) is 14.7. The zero-order valence-corrected chi connectivity index (χ0v) is 28.8. The van der Waals surface area contributed by atoms with E-state index in [4.69, 9.17) is 15.2 Å². The Morgan fingerprint density at radius 2 is 1.52 bits per heavy atom. The smallest absolute Gasteiger partial charge is 0.411 e. The number of aliphatic hydroxyl groups is 1. The number of rotatable bonds is 17. The van der Waals surface area contributed by atoms with Crippen molar-refractivity contribution in [3.63, 3.8) is 0 Å². The highest BCUT2D eigenvalue weighted by molar-refractivity contribution is 5.94. The molecule has 1 aromatic rings. The lowest BCUT2D eigenvalue weighted by atomic mass is 9.94. The molecule has 0 aliphatic heterocycles. The molecule has 6 N–H and O–H groups in total. The molecular formula is C34H53N5O9. The number of carbonyl (C=O) groups excluding carboxylic acids is 6. The third-order valence-corrected chi connectivity index (χ3v) is 7.64. The number of nitrogens with two attached hydrogens (primary N) is 1. The first-order valence-electron chi connectivity index (χ1n) is 16.6. The van der Waals surface area contributed by atoms with Gasteiger partial charge in [0.1, 0.15) is 36.9 Å². The Morgan fingerprint density at radius 1 is 0.917 bits per heavy atom. The van der Waals surface area contributed by atoms with Crippen LogP contribution in [0.2, 0.25) is 0 Å².